The van der Waals surface area contributed by atoms with Crippen LogP contribution in [-0.2, 0) is 22.4 Å². The molecule has 4 bridgehead atoms. The van der Waals surface area contributed by atoms with Crippen molar-refractivity contribution in [1.82, 2.24) is 15.1 Å². The Balaban J connectivity index is 1.26. The first-order chi connectivity index (χ1) is 17.0. The third-order valence-electron chi connectivity index (χ3n) is 10.4. The zero-order valence-electron chi connectivity index (χ0n) is 21.7. The second-order valence-electron chi connectivity index (χ2n) is 12.7. The van der Waals surface area contributed by atoms with Gasteiger partial charge in [0, 0.05) is 17.3 Å². The standard InChI is InChI=1S/C29H43N3O3/c1-3-35-28(34)22-9-10-25-24(14-22)26(31-32(25)23-7-5-4-6-8-23)27(33)30-18(2)29-15-19-11-20(16-29)13-21(12-19)17-29/h18-23H,3-17H2,1-2H3,(H,30,33)/t18?,19?,20?,21?,22-,29?/m1/s1. The van der Waals surface area contributed by atoms with E-state index in [9.17, 15) is 9.59 Å². The molecule has 5 saturated carbocycles. The van der Waals surface area contributed by atoms with Crippen LogP contribution in [0.15, 0.2) is 0 Å². The Morgan fingerprint density at radius 3 is 2.34 bits per heavy atom. The van der Waals surface area contributed by atoms with Crippen LogP contribution >= 0.6 is 0 Å². The van der Waals surface area contributed by atoms with E-state index >= 15 is 0 Å². The smallest absolute Gasteiger partial charge is 0.309 e. The third kappa shape index (κ3) is 4.23. The van der Waals surface area contributed by atoms with Gasteiger partial charge in [-0.1, -0.05) is 19.3 Å². The highest BCUT2D eigenvalue weighted by molar-refractivity contribution is 5.94. The van der Waals surface area contributed by atoms with E-state index in [-0.39, 0.29) is 29.3 Å². The van der Waals surface area contributed by atoms with Crippen molar-refractivity contribution in [1.29, 1.82) is 0 Å². The summed E-state index contributed by atoms with van der Waals surface area (Å²) in [5.41, 5.74) is 3.06. The fraction of sp³-hybridized carbons (Fsp3) is 0.828. The molecule has 0 spiro atoms. The molecule has 1 amide bonds. The van der Waals surface area contributed by atoms with E-state index in [0.717, 1.165) is 49.0 Å². The summed E-state index contributed by atoms with van der Waals surface area (Å²) in [5, 5.41) is 8.46. The molecule has 0 radical (unpaired) electrons. The maximum atomic E-state index is 13.8. The summed E-state index contributed by atoms with van der Waals surface area (Å²) in [6, 6.07) is 0.557. The predicted octanol–water partition coefficient (Wildman–Crippen LogP) is 5.39. The molecule has 6 aliphatic rings. The number of amides is 1. The number of fused-ring (bicyclic) bond motifs is 1. The number of hydrogen-bond donors (Lipinski definition) is 1. The third-order valence-corrected chi connectivity index (χ3v) is 10.4. The summed E-state index contributed by atoms with van der Waals surface area (Å²) in [6.07, 6.45) is 16.3. The Morgan fingerprint density at radius 2 is 1.71 bits per heavy atom. The van der Waals surface area contributed by atoms with E-state index in [1.54, 1.807) is 0 Å². The lowest BCUT2D eigenvalue weighted by atomic mass is 9.48. The van der Waals surface area contributed by atoms with Crippen LogP contribution in [0.1, 0.15) is 119 Å². The molecule has 5 fully saturated rings. The van der Waals surface area contributed by atoms with E-state index in [2.05, 4.69) is 16.9 Å². The van der Waals surface area contributed by atoms with Crippen molar-refractivity contribution in [3.05, 3.63) is 17.0 Å². The van der Waals surface area contributed by atoms with Crippen LogP contribution in [0.5, 0.6) is 0 Å². The van der Waals surface area contributed by atoms with E-state index in [1.807, 2.05) is 6.92 Å². The Hall–Kier alpha value is -1.85. The van der Waals surface area contributed by atoms with Crippen molar-refractivity contribution in [2.24, 2.45) is 29.1 Å². The number of nitrogens with zero attached hydrogens (tertiary/aromatic N) is 2. The lowest BCUT2D eigenvalue weighted by Gasteiger charge is -2.59. The van der Waals surface area contributed by atoms with Crippen molar-refractivity contribution in [2.75, 3.05) is 6.61 Å². The number of carbonyl (C=O) groups excluding carboxylic acids is 2. The number of ether oxygens (including phenoxy) is 1. The number of aromatic nitrogens is 2. The van der Waals surface area contributed by atoms with E-state index in [0.29, 0.717) is 24.8 Å². The maximum absolute atomic E-state index is 13.8. The van der Waals surface area contributed by atoms with Crippen molar-refractivity contribution in [3.63, 3.8) is 0 Å². The summed E-state index contributed by atoms with van der Waals surface area (Å²) in [6.45, 7) is 4.51. The van der Waals surface area contributed by atoms with Crippen LogP contribution in [0, 0.1) is 29.1 Å². The summed E-state index contributed by atoms with van der Waals surface area (Å²) in [4.78, 5) is 26.4. The van der Waals surface area contributed by atoms with Crippen molar-refractivity contribution >= 4 is 11.9 Å². The first-order valence-corrected chi connectivity index (χ1v) is 14.5. The molecule has 6 aliphatic carbocycles. The van der Waals surface area contributed by atoms with Gasteiger partial charge < -0.3 is 10.1 Å². The molecule has 0 aromatic carbocycles. The van der Waals surface area contributed by atoms with Crippen LogP contribution in [0.2, 0.25) is 0 Å². The van der Waals surface area contributed by atoms with Crippen molar-refractivity contribution in [3.8, 4) is 0 Å². The molecule has 6 heteroatoms. The fourth-order valence-electron chi connectivity index (χ4n) is 9.04. The Labute approximate surface area is 209 Å². The number of carbonyl (C=O) groups is 2. The van der Waals surface area contributed by atoms with Gasteiger partial charge in [-0.3, -0.25) is 14.3 Å². The lowest BCUT2D eigenvalue weighted by Crippen LogP contribution is -2.55. The van der Waals surface area contributed by atoms with Gasteiger partial charge in [0.25, 0.3) is 5.91 Å². The lowest BCUT2D eigenvalue weighted by molar-refractivity contribution is -0.148. The van der Waals surface area contributed by atoms with Gasteiger partial charge in [-0.25, -0.2) is 0 Å². The average molecular weight is 482 g/mol. The first kappa shape index (κ1) is 23.5. The molecular formula is C29H43N3O3. The Bertz CT molecular complexity index is 941. The van der Waals surface area contributed by atoms with Gasteiger partial charge in [-0.05, 0) is 108 Å². The minimum Gasteiger partial charge on any atom is -0.466 e. The molecular weight excluding hydrogens is 438 g/mol. The zero-order valence-corrected chi connectivity index (χ0v) is 21.7. The van der Waals surface area contributed by atoms with Crippen LogP contribution < -0.4 is 5.32 Å². The van der Waals surface area contributed by atoms with Gasteiger partial charge in [0.1, 0.15) is 0 Å². The molecule has 2 atom stereocenters. The quantitative estimate of drug-likeness (QED) is 0.553. The summed E-state index contributed by atoms with van der Waals surface area (Å²) < 4.78 is 7.55. The molecule has 192 valence electrons. The van der Waals surface area contributed by atoms with Gasteiger partial charge in [0.15, 0.2) is 5.69 Å². The molecule has 1 N–H and O–H groups in total. The molecule has 1 unspecified atom stereocenters. The van der Waals surface area contributed by atoms with Gasteiger partial charge >= 0.3 is 5.97 Å². The van der Waals surface area contributed by atoms with Gasteiger partial charge in [-0.2, -0.15) is 5.10 Å². The minimum atomic E-state index is -0.168. The largest absolute Gasteiger partial charge is 0.466 e. The second kappa shape index (κ2) is 9.23. The number of esters is 1. The van der Waals surface area contributed by atoms with Gasteiger partial charge in [-0.15, -0.1) is 0 Å². The highest BCUT2D eigenvalue weighted by Crippen LogP contribution is 2.61. The summed E-state index contributed by atoms with van der Waals surface area (Å²) in [7, 11) is 0. The normalized spacial score (nSPS) is 34.9. The molecule has 35 heavy (non-hydrogen) atoms. The van der Waals surface area contributed by atoms with Crippen molar-refractivity contribution in [2.45, 2.75) is 116 Å². The van der Waals surface area contributed by atoms with E-state index in [1.165, 1.54) is 63.5 Å². The molecule has 6 nitrogen and oxygen atoms in total. The predicted molar refractivity (Wildman–Crippen MR) is 134 cm³/mol. The second-order valence-corrected chi connectivity index (χ2v) is 12.7. The van der Waals surface area contributed by atoms with E-state index in [4.69, 9.17) is 9.84 Å². The molecule has 1 heterocycles. The Morgan fingerprint density at radius 1 is 1.06 bits per heavy atom. The number of hydrogen-bond acceptors (Lipinski definition) is 4. The van der Waals surface area contributed by atoms with Crippen LogP contribution in [-0.4, -0.2) is 34.3 Å². The monoisotopic (exact) mass is 481 g/mol. The van der Waals surface area contributed by atoms with Crippen molar-refractivity contribution < 1.29 is 14.3 Å². The van der Waals surface area contributed by atoms with Crippen LogP contribution in [0.3, 0.4) is 0 Å². The fourth-order valence-corrected chi connectivity index (χ4v) is 9.04. The Kier molecular flexibility index (Phi) is 6.21. The zero-order chi connectivity index (χ0) is 24.2. The topological polar surface area (TPSA) is 73.2 Å². The summed E-state index contributed by atoms with van der Waals surface area (Å²) >= 11 is 0. The first-order valence-electron chi connectivity index (χ1n) is 14.5. The maximum Gasteiger partial charge on any atom is 0.309 e. The van der Waals surface area contributed by atoms with E-state index < -0.39 is 0 Å². The molecule has 1 aromatic rings. The molecule has 0 saturated heterocycles. The van der Waals surface area contributed by atoms with Gasteiger partial charge in [0.2, 0.25) is 0 Å². The molecule has 7 rings (SSSR count). The SMILES string of the molecule is CCOC(=O)[C@@H]1CCc2c(c(C(=O)NC(C)C34CC5CC(CC(C5)C3)C4)nn2C2CCCCC2)C1. The number of rotatable bonds is 6. The molecule has 1 aromatic heterocycles. The van der Waals surface area contributed by atoms with Crippen LogP contribution in [0.4, 0.5) is 0 Å². The highest BCUT2D eigenvalue weighted by atomic mass is 16.5. The highest BCUT2D eigenvalue weighted by Gasteiger charge is 2.53. The number of nitrogens with one attached hydrogen (secondary N) is 1. The van der Waals surface area contributed by atoms with Crippen LogP contribution in [0.25, 0.3) is 0 Å². The average Bonchev–Trinajstić information content (AvgIpc) is 3.23. The minimum absolute atomic E-state index is 0.0245. The summed E-state index contributed by atoms with van der Waals surface area (Å²) in [5.74, 6) is 2.27. The van der Waals surface area contributed by atoms with Gasteiger partial charge in [0.05, 0.1) is 18.6 Å². The molecule has 0 aliphatic heterocycles.